The van der Waals surface area contributed by atoms with Crippen LogP contribution in [0.15, 0.2) is 24.3 Å². The van der Waals surface area contributed by atoms with Crippen molar-refractivity contribution in [3.05, 3.63) is 35.4 Å². The molecule has 0 aromatic heterocycles. The number of benzene rings is 1. The maximum Gasteiger partial charge on any atom is 0.307 e. The maximum absolute atomic E-state index is 12.2. The Balaban J connectivity index is 2.46. The van der Waals surface area contributed by atoms with Gasteiger partial charge in [0.15, 0.2) is 0 Å². The van der Waals surface area contributed by atoms with Gasteiger partial charge < -0.3 is 14.7 Å². The number of carbonyl (C=O) groups excluding carboxylic acids is 2. The largest absolute Gasteiger partial charge is 0.466 e. The number of aryl methyl sites for hydroxylation is 2. The summed E-state index contributed by atoms with van der Waals surface area (Å²) in [6, 6.07) is 8.06. The molecule has 1 N–H and O–H groups in total. The lowest BCUT2D eigenvalue weighted by atomic mass is 10.1. The maximum atomic E-state index is 12.2. The minimum atomic E-state index is -0.322. The monoisotopic (exact) mass is 307 g/mol. The molecule has 0 aliphatic rings. The van der Waals surface area contributed by atoms with Gasteiger partial charge in [0.25, 0.3) is 0 Å². The molecule has 0 aliphatic heterocycles. The van der Waals surface area contributed by atoms with Crippen LogP contribution in [-0.4, -0.2) is 48.2 Å². The molecule has 22 heavy (non-hydrogen) atoms. The van der Waals surface area contributed by atoms with Crippen molar-refractivity contribution >= 4 is 11.9 Å². The third-order valence-electron chi connectivity index (χ3n) is 3.36. The topological polar surface area (TPSA) is 66.8 Å². The average molecular weight is 307 g/mol. The third-order valence-corrected chi connectivity index (χ3v) is 3.36. The number of rotatable bonds is 9. The van der Waals surface area contributed by atoms with E-state index in [0.717, 1.165) is 5.56 Å². The SMILES string of the molecule is CCOC(=O)CCN(CCO)C(=O)CCc1ccc(C)cc1. The fourth-order valence-electron chi connectivity index (χ4n) is 2.11. The van der Waals surface area contributed by atoms with E-state index < -0.39 is 0 Å². The van der Waals surface area contributed by atoms with Gasteiger partial charge in [-0.25, -0.2) is 0 Å². The van der Waals surface area contributed by atoms with Gasteiger partial charge >= 0.3 is 5.97 Å². The second-order valence-corrected chi connectivity index (χ2v) is 5.15. The van der Waals surface area contributed by atoms with Crippen molar-refractivity contribution in [1.82, 2.24) is 4.90 Å². The van der Waals surface area contributed by atoms with E-state index in [1.54, 1.807) is 6.92 Å². The second-order valence-electron chi connectivity index (χ2n) is 5.15. The zero-order valence-electron chi connectivity index (χ0n) is 13.4. The molecule has 1 amide bonds. The lowest BCUT2D eigenvalue weighted by molar-refractivity contribution is -0.144. The minimum absolute atomic E-state index is 0.0566. The number of esters is 1. The molecule has 0 saturated heterocycles. The first kappa shape index (κ1) is 18.2. The normalized spacial score (nSPS) is 10.3. The van der Waals surface area contributed by atoms with Gasteiger partial charge in [-0.2, -0.15) is 0 Å². The average Bonchev–Trinajstić information content (AvgIpc) is 2.51. The van der Waals surface area contributed by atoms with E-state index in [-0.39, 0.29) is 38.0 Å². The molecule has 0 spiro atoms. The predicted octanol–water partition coefficient (Wildman–Crippen LogP) is 1.70. The van der Waals surface area contributed by atoms with E-state index in [0.29, 0.717) is 19.4 Å². The highest BCUT2D eigenvalue weighted by Crippen LogP contribution is 2.08. The van der Waals surface area contributed by atoms with Crippen LogP contribution >= 0.6 is 0 Å². The van der Waals surface area contributed by atoms with Crippen LogP contribution in [0.5, 0.6) is 0 Å². The van der Waals surface area contributed by atoms with Gasteiger partial charge in [0.2, 0.25) is 5.91 Å². The van der Waals surface area contributed by atoms with Crippen LogP contribution in [0.1, 0.15) is 30.9 Å². The van der Waals surface area contributed by atoms with Crippen molar-refractivity contribution in [3.8, 4) is 0 Å². The Morgan fingerprint density at radius 3 is 2.41 bits per heavy atom. The Morgan fingerprint density at radius 2 is 1.82 bits per heavy atom. The highest BCUT2D eigenvalue weighted by Gasteiger charge is 2.15. The zero-order valence-corrected chi connectivity index (χ0v) is 13.4. The molecule has 0 aliphatic carbocycles. The zero-order chi connectivity index (χ0) is 16.4. The number of aliphatic hydroxyl groups excluding tert-OH is 1. The fraction of sp³-hybridized carbons (Fsp3) is 0.529. The first-order chi connectivity index (χ1) is 10.6. The minimum Gasteiger partial charge on any atom is -0.466 e. The van der Waals surface area contributed by atoms with Crippen molar-refractivity contribution < 1.29 is 19.4 Å². The molecule has 1 aromatic carbocycles. The quantitative estimate of drug-likeness (QED) is 0.705. The Kier molecular flexibility index (Phi) is 8.22. The van der Waals surface area contributed by atoms with Gasteiger partial charge in [-0.15, -0.1) is 0 Å². The molecule has 1 aromatic rings. The van der Waals surface area contributed by atoms with E-state index in [9.17, 15) is 9.59 Å². The summed E-state index contributed by atoms with van der Waals surface area (Å²) in [5.41, 5.74) is 2.29. The van der Waals surface area contributed by atoms with Gasteiger partial charge in [-0.05, 0) is 25.8 Å². The molecule has 1 rings (SSSR count). The van der Waals surface area contributed by atoms with Crippen molar-refractivity contribution in [2.45, 2.75) is 33.1 Å². The standard InChI is InChI=1S/C17H25NO4/c1-3-22-17(21)10-11-18(12-13-19)16(20)9-8-15-6-4-14(2)5-7-15/h4-7,19H,3,8-13H2,1-2H3. The summed E-state index contributed by atoms with van der Waals surface area (Å²) in [5, 5.41) is 9.06. The van der Waals surface area contributed by atoms with E-state index in [1.165, 1.54) is 10.5 Å². The van der Waals surface area contributed by atoms with Crippen LogP contribution in [0, 0.1) is 6.92 Å². The summed E-state index contributed by atoms with van der Waals surface area (Å²) in [7, 11) is 0. The second kappa shape index (κ2) is 9.95. The summed E-state index contributed by atoms with van der Waals surface area (Å²) in [6.07, 6.45) is 1.18. The number of ether oxygens (including phenoxy) is 1. The summed E-state index contributed by atoms with van der Waals surface area (Å²) in [6.45, 7) is 4.51. The molecule has 5 heteroatoms. The number of amides is 1. The predicted molar refractivity (Wildman–Crippen MR) is 84.4 cm³/mol. The van der Waals surface area contributed by atoms with Gasteiger partial charge in [0.05, 0.1) is 19.6 Å². The third kappa shape index (κ3) is 6.72. The molecule has 0 atom stereocenters. The van der Waals surface area contributed by atoms with E-state index >= 15 is 0 Å². The molecule has 0 unspecified atom stereocenters. The Morgan fingerprint density at radius 1 is 1.14 bits per heavy atom. The summed E-state index contributed by atoms with van der Waals surface area (Å²) in [4.78, 5) is 25.1. The Labute approximate surface area is 131 Å². The smallest absolute Gasteiger partial charge is 0.307 e. The lowest BCUT2D eigenvalue weighted by Gasteiger charge is -2.21. The van der Waals surface area contributed by atoms with Crippen LogP contribution in [0.3, 0.4) is 0 Å². The molecular weight excluding hydrogens is 282 g/mol. The number of carbonyl (C=O) groups is 2. The molecule has 0 radical (unpaired) electrons. The fourth-order valence-corrected chi connectivity index (χ4v) is 2.11. The van der Waals surface area contributed by atoms with E-state index in [1.807, 2.05) is 31.2 Å². The highest BCUT2D eigenvalue weighted by atomic mass is 16.5. The molecule has 0 heterocycles. The highest BCUT2D eigenvalue weighted by molar-refractivity contribution is 5.77. The van der Waals surface area contributed by atoms with Crippen molar-refractivity contribution in [2.75, 3.05) is 26.3 Å². The van der Waals surface area contributed by atoms with Crippen molar-refractivity contribution in [2.24, 2.45) is 0 Å². The van der Waals surface area contributed by atoms with Crippen LogP contribution < -0.4 is 0 Å². The first-order valence-electron chi connectivity index (χ1n) is 7.66. The Hall–Kier alpha value is -1.88. The summed E-state index contributed by atoms with van der Waals surface area (Å²) >= 11 is 0. The first-order valence-corrected chi connectivity index (χ1v) is 7.66. The number of nitrogens with zero attached hydrogens (tertiary/aromatic N) is 1. The van der Waals surface area contributed by atoms with Gasteiger partial charge in [-0.1, -0.05) is 29.8 Å². The number of aliphatic hydroxyl groups is 1. The molecule has 0 bridgehead atoms. The summed E-state index contributed by atoms with van der Waals surface area (Å²) in [5.74, 6) is -0.379. The van der Waals surface area contributed by atoms with Gasteiger partial charge in [-0.3, -0.25) is 9.59 Å². The number of hydrogen-bond donors (Lipinski definition) is 1. The number of hydrogen-bond acceptors (Lipinski definition) is 4. The molecular formula is C17H25NO4. The van der Waals surface area contributed by atoms with Crippen molar-refractivity contribution in [1.29, 1.82) is 0 Å². The van der Waals surface area contributed by atoms with E-state index in [2.05, 4.69) is 0 Å². The van der Waals surface area contributed by atoms with Crippen LogP contribution in [-0.2, 0) is 20.7 Å². The van der Waals surface area contributed by atoms with Crippen LogP contribution in [0.2, 0.25) is 0 Å². The summed E-state index contributed by atoms with van der Waals surface area (Å²) < 4.78 is 4.85. The Bertz CT molecular complexity index is 470. The van der Waals surface area contributed by atoms with Crippen LogP contribution in [0.25, 0.3) is 0 Å². The molecule has 0 fully saturated rings. The van der Waals surface area contributed by atoms with Gasteiger partial charge in [0.1, 0.15) is 0 Å². The van der Waals surface area contributed by atoms with Crippen LogP contribution in [0.4, 0.5) is 0 Å². The van der Waals surface area contributed by atoms with E-state index in [4.69, 9.17) is 9.84 Å². The molecule has 122 valence electrons. The molecule has 5 nitrogen and oxygen atoms in total. The lowest BCUT2D eigenvalue weighted by Crippen LogP contribution is -2.35. The molecule has 0 saturated carbocycles. The van der Waals surface area contributed by atoms with Gasteiger partial charge in [0, 0.05) is 19.5 Å². The van der Waals surface area contributed by atoms with Crippen molar-refractivity contribution in [3.63, 3.8) is 0 Å².